The van der Waals surface area contributed by atoms with E-state index in [4.69, 9.17) is 4.74 Å². The van der Waals surface area contributed by atoms with Gasteiger partial charge in [0.05, 0.1) is 5.69 Å². The van der Waals surface area contributed by atoms with Crippen molar-refractivity contribution in [1.82, 2.24) is 9.78 Å². The van der Waals surface area contributed by atoms with E-state index in [1.54, 1.807) is 0 Å². The summed E-state index contributed by atoms with van der Waals surface area (Å²) in [5.41, 5.74) is 2.58. The van der Waals surface area contributed by atoms with Crippen molar-refractivity contribution in [3.63, 3.8) is 0 Å². The van der Waals surface area contributed by atoms with E-state index in [1.807, 2.05) is 11.7 Å². The Labute approximate surface area is 78.7 Å². The van der Waals surface area contributed by atoms with Gasteiger partial charge in [0, 0.05) is 32.4 Å². The number of ether oxygens (including phenoxy) is 1. The number of hydrogen-bond donors (Lipinski definition) is 0. The van der Waals surface area contributed by atoms with Crippen LogP contribution in [0.15, 0.2) is 6.20 Å². The molecule has 1 fully saturated rings. The maximum atomic E-state index is 5.33. The zero-order valence-electron chi connectivity index (χ0n) is 8.29. The Balaban J connectivity index is 2.18. The molecule has 72 valence electrons. The second-order valence-corrected chi connectivity index (χ2v) is 3.76. The summed E-state index contributed by atoms with van der Waals surface area (Å²) in [6.07, 6.45) is 4.33. The molecule has 0 atom stereocenters. The standard InChI is InChI=1S/C10H16N2O/c1-8-7-12(2)11-10(8)9-3-5-13-6-4-9/h7,9H,3-6H2,1-2H3. The SMILES string of the molecule is Cc1cn(C)nc1C1CCOCC1. The van der Waals surface area contributed by atoms with Crippen LogP contribution < -0.4 is 0 Å². The molecule has 1 aromatic rings. The molecule has 1 aromatic heterocycles. The molecular weight excluding hydrogens is 164 g/mol. The van der Waals surface area contributed by atoms with Crippen LogP contribution in [0, 0.1) is 6.92 Å². The van der Waals surface area contributed by atoms with Crippen molar-refractivity contribution < 1.29 is 4.74 Å². The van der Waals surface area contributed by atoms with E-state index in [0.29, 0.717) is 5.92 Å². The van der Waals surface area contributed by atoms with Gasteiger partial charge >= 0.3 is 0 Å². The van der Waals surface area contributed by atoms with Crippen molar-refractivity contribution in [2.24, 2.45) is 7.05 Å². The molecule has 1 saturated heterocycles. The highest BCUT2D eigenvalue weighted by atomic mass is 16.5. The fraction of sp³-hybridized carbons (Fsp3) is 0.700. The van der Waals surface area contributed by atoms with Gasteiger partial charge in [0.2, 0.25) is 0 Å². The molecule has 0 bridgehead atoms. The third-order valence-corrected chi connectivity index (χ3v) is 2.66. The van der Waals surface area contributed by atoms with Crippen LogP contribution in [0.2, 0.25) is 0 Å². The maximum Gasteiger partial charge on any atom is 0.0686 e. The van der Waals surface area contributed by atoms with Crippen LogP contribution in [0.4, 0.5) is 0 Å². The van der Waals surface area contributed by atoms with Crippen molar-refractivity contribution in [3.05, 3.63) is 17.5 Å². The van der Waals surface area contributed by atoms with Crippen LogP contribution >= 0.6 is 0 Å². The van der Waals surface area contributed by atoms with Crippen LogP contribution in [-0.4, -0.2) is 23.0 Å². The van der Waals surface area contributed by atoms with Gasteiger partial charge in [-0.05, 0) is 25.3 Å². The van der Waals surface area contributed by atoms with E-state index in [1.165, 1.54) is 11.3 Å². The Morgan fingerprint density at radius 3 is 2.69 bits per heavy atom. The van der Waals surface area contributed by atoms with E-state index < -0.39 is 0 Å². The lowest BCUT2D eigenvalue weighted by Crippen LogP contribution is -2.15. The highest BCUT2D eigenvalue weighted by molar-refractivity contribution is 5.19. The van der Waals surface area contributed by atoms with E-state index in [-0.39, 0.29) is 0 Å². The van der Waals surface area contributed by atoms with Gasteiger partial charge in [0.25, 0.3) is 0 Å². The normalized spacial score (nSPS) is 19.2. The maximum absolute atomic E-state index is 5.33. The lowest BCUT2D eigenvalue weighted by molar-refractivity contribution is 0.0843. The number of aryl methyl sites for hydroxylation is 2. The highest BCUT2D eigenvalue weighted by Crippen LogP contribution is 2.27. The summed E-state index contributed by atoms with van der Waals surface area (Å²) in [6.45, 7) is 3.92. The molecule has 3 heteroatoms. The predicted molar refractivity (Wildman–Crippen MR) is 50.7 cm³/mol. The first-order chi connectivity index (χ1) is 6.27. The van der Waals surface area contributed by atoms with E-state index >= 15 is 0 Å². The van der Waals surface area contributed by atoms with E-state index in [9.17, 15) is 0 Å². The van der Waals surface area contributed by atoms with Crippen molar-refractivity contribution in [3.8, 4) is 0 Å². The molecule has 2 rings (SSSR count). The molecule has 0 saturated carbocycles. The molecule has 0 unspecified atom stereocenters. The molecule has 3 nitrogen and oxygen atoms in total. The molecular formula is C10H16N2O. The largest absolute Gasteiger partial charge is 0.381 e. The first kappa shape index (κ1) is 8.75. The first-order valence-electron chi connectivity index (χ1n) is 4.85. The fourth-order valence-corrected chi connectivity index (χ4v) is 2.00. The summed E-state index contributed by atoms with van der Waals surface area (Å²) in [4.78, 5) is 0. The van der Waals surface area contributed by atoms with E-state index in [0.717, 1.165) is 26.1 Å². The van der Waals surface area contributed by atoms with Crippen molar-refractivity contribution in [2.75, 3.05) is 13.2 Å². The minimum absolute atomic E-state index is 0.620. The predicted octanol–water partition coefficient (Wildman–Crippen LogP) is 1.62. The van der Waals surface area contributed by atoms with Gasteiger partial charge in [0.15, 0.2) is 0 Å². The summed E-state index contributed by atoms with van der Waals surface area (Å²) < 4.78 is 7.24. The topological polar surface area (TPSA) is 27.1 Å². The number of hydrogen-bond acceptors (Lipinski definition) is 2. The van der Waals surface area contributed by atoms with Crippen LogP contribution in [-0.2, 0) is 11.8 Å². The zero-order valence-corrected chi connectivity index (χ0v) is 8.29. The third kappa shape index (κ3) is 1.75. The Morgan fingerprint density at radius 1 is 1.46 bits per heavy atom. The molecule has 0 spiro atoms. The van der Waals surface area contributed by atoms with Crippen molar-refractivity contribution in [1.29, 1.82) is 0 Å². The van der Waals surface area contributed by atoms with Gasteiger partial charge in [-0.3, -0.25) is 4.68 Å². The van der Waals surface area contributed by atoms with Crippen LogP contribution in [0.3, 0.4) is 0 Å². The van der Waals surface area contributed by atoms with Crippen LogP contribution in [0.5, 0.6) is 0 Å². The van der Waals surface area contributed by atoms with E-state index in [2.05, 4.69) is 18.2 Å². The molecule has 0 aliphatic carbocycles. The second kappa shape index (κ2) is 3.50. The van der Waals surface area contributed by atoms with Gasteiger partial charge in [-0.2, -0.15) is 5.10 Å². The smallest absolute Gasteiger partial charge is 0.0686 e. The lowest BCUT2D eigenvalue weighted by Gasteiger charge is -2.20. The summed E-state index contributed by atoms with van der Waals surface area (Å²) in [6, 6.07) is 0. The van der Waals surface area contributed by atoms with Crippen LogP contribution in [0.1, 0.15) is 30.0 Å². The summed E-state index contributed by atoms with van der Waals surface area (Å²) >= 11 is 0. The number of rotatable bonds is 1. The minimum Gasteiger partial charge on any atom is -0.381 e. The highest BCUT2D eigenvalue weighted by Gasteiger charge is 2.19. The molecule has 2 heterocycles. The van der Waals surface area contributed by atoms with Gasteiger partial charge in [-0.25, -0.2) is 0 Å². The lowest BCUT2D eigenvalue weighted by atomic mass is 9.94. The average molecular weight is 180 g/mol. The Kier molecular flexibility index (Phi) is 2.36. The molecule has 13 heavy (non-hydrogen) atoms. The van der Waals surface area contributed by atoms with Gasteiger partial charge < -0.3 is 4.74 Å². The Morgan fingerprint density at radius 2 is 2.15 bits per heavy atom. The van der Waals surface area contributed by atoms with Gasteiger partial charge in [-0.15, -0.1) is 0 Å². The zero-order chi connectivity index (χ0) is 9.26. The fourth-order valence-electron chi connectivity index (χ4n) is 2.00. The molecule has 0 amide bonds. The quantitative estimate of drug-likeness (QED) is 0.656. The summed E-state index contributed by atoms with van der Waals surface area (Å²) in [5, 5.41) is 4.50. The Bertz CT molecular complexity index is 287. The third-order valence-electron chi connectivity index (χ3n) is 2.66. The molecule has 1 aliphatic heterocycles. The van der Waals surface area contributed by atoms with Gasteiger partial charge in [-0.1, -0.05) is 0 Å². The van der Waals surface area contributed by atoms with Crippen molar-refractivity contribution in [2.45, 2.75) is 25.7 Å². The minimum atomic E-state index is 0.620. The van der Waals surface area contributed by atoms with Crippen LogP contribution in [0.25, 0.3) is 0 Å². The second-order valence-electron chi connectivity index (χ2n) is 3.76. The Hall–Kier alpha value is -0.830. The summed E-state index contributed by atoms with van der Waals surface area (Å²) in [5.74, 6) is 0.620. The first-order valence-corrected chi connectivity index (χ1v) is 4.85. The molecule has 1 aliphatic rings. The number of aromatic nitrogens is 2. The average Bonchev–Trinajstić information content (AvgIpc) is 2.47. The molecule has 0 N–H and O–H groups in total. The molecule has 0 radical (unpaired) electrons. The van der Waals surface area contributed by atoms with Gasteiger partial charge in [0.1, 0.15) is 0 Å². The summed E-state index contributed by atoms with van der Waals surface area (Å²) in [7, 11) is 1.98. The van der Waals surface area contributed by atoms with Crippen molar-refractivity contribution >= 4 is 0 Å². The number of nitrogens with zero attached hydrogens (tertiary/aromatic N) is 2. The molecule has 0 aromatic carbocycles. The monoisotopic (exact) mass is 180 g/mol.